The second-order valence-corrected chi connectivity index (χ2v) is 7.78. The van der Waals surface area contributed by atoms with Crippen LogP contribution in [0.5, 0.6) is 11.5 Å². The van der Waals surface area contributed by atoms with Crippen LogP contribution in [0.2, 0.25) is 0 Å². The maximum absolute atomic E-state index is 12.8. The molecule has 0 atom stereocenters. The van der Waals surface area contributed by atoms with E-state index < -0.39 is 0 Å². The standard InChI is InChI=1S/C27H28N4O3/c1-33-23-15-13-21(19-24(23)34-2)17-18-28-27(32)26-29-25(16-14-20-9-5-3-6-10-20)31(30-26)22-11-7-4-8-12-22/h3-13,15,19H,14,16-18H2,1-2H3,(H,28,32). The number of methoxy groups -OCH3 is 2. The highest BCUT2D eigenvalue weighted by atomic mass is 16.5. The molecule has 0 saturated heterocycles. The summed E-state index contributed by atoms with van der Waals surface area (Å²) in [6.45, 7) is 0.452. The third kappa shape index (κ3) is 5.61. The Morgan fingerprint density at radius 2 is 1.53 bits per heavy atom. The van der Waals surface area contributed by atoms with Crippen LogP contribution in [-0.2, 0) is 19.3 Å². The fourth-order valence-electron chi connectivity index (χ4n) is 3.71. The molecule has 0 aliphatic carbocycles. The van der Waals surface area contributed by atoms with Crippen molar-refractivity contribution in [3.63, 3.8) is 0 Å². The van der Waals surface area contributed by atoms with E-state index >= 15 is 0 Å². The van der Waals surface area contributed by atoms with Gasteiger partial charge in [-0.2, -0.15) is 0 Å². The van der Waals surface area contributed by atoms with Crippen molar-refractivity contribution < 1.29 is 14.3 Å². The lowest BCUT2D eigenvalue weighted by molar-refractivity contribution is 0.0944. The molecule has 1 amide bonds. The van der Waals surface area contributed by atoms with E-state index in [1.165, 1.54) is 5.56 Å². The Bertz CT molecular complexity index is 1220. The van der Waals surface area contributed by atoms with Crippen LogP contribution < -0.4 is 14.8 Å². The topological polar surface area (TPSA) is 78.3 Å². The van der Waals surface area contributed by atoms with Gasteiger partial charge in [-0.1, -0.05) is 54.6 Å². The van der Waals surface area contributed by atoms with Crippen LogP contribution in [0.1, 0.15) is 27.6 Å². The normalized spacial score (nSPS) is 10.6. The number of carbonyl (C=O) groups excluding carboxylic acids is 1. The van der Waals surface area contributed by atoms with Crippen molar-refractivity contribution in [1.82, 2.24) is 20.1 Å². The van der Waals surface area contributed by atoms with E-state index in [0.29, 0.717) is 30.9 Å². The molecule has 174 valence electrons. The van der Waals surface area contributed by atoms with Crippen molar-refractivity contribution in [3.05, 3.63) is 102 Å². The van der Waals surface area contributed by atoms with Gasteiger partial charge in [-0.3, -0.25) is 4.79 Å². The Morgan fingerprint density at radius 3 is 2.24 bits per heavy atom. The number of aryl methyl sites for hydroxylation is 2. The number of hydrogen-bond donors (Lipinski definition) is 1. The van der Waals surface area contributed by atoms with Gasteiger partial charge in [0, 0.05) is 13.0 Å². The Hall–Kier alpha value is -4.13. The monoisotopic (exact) mass is 456 g/mol. The molecule has 0 aliphatic heterocycles. The summed E-state index contributed by atoms with van der Waals surface area (Å²) in [7, 11) is 3.21. The van der Waals surface area contributed by atoms with E-state index in [1.54, 1.807) is 18.9 Å². The highest BCUT2D eigenvalue weighted by Gasteiger charge is 2.17. The summed E-state index contributed by atoms with van der Waals surface area (Å²) < 4.78 is 12.4. The van der Waals surface area contributed by atoms with E-state index in [2.05, 4.69) is 27.5 Å². The Balaban J connectivity index is 1.45. The highest BCUT2D eigenvalue weighted by Crippen LogP contribution is 2.27. The first-order chi connectivity index (χ1) is 16.7. The van der Waals surface area contributed by atoms with E-state index in [0.717, 1.165) is 23.5 Å². The van der Waals surface area contributed by atoms with Crippen LogP contribution in [-0.4, -0.2) is 41.4 Å². The lowest BCUT2D eigenvalue weighted by atomic mass is 10.1. The molecule has 1 N–H and O–H groups in total. The summed E-state index contributed by atoms with van der Waals surface area (Å²) in [6, 6.07) is 25.7. The number of nitrogens with zero attached hydrogens (tertiary/aromatic N) is 3. The predicted molar refractivity (Wildman–Crippen MR) is 131 cm³/mol. The molecule has 3 aromatic carbocycles. The number of nitrogens with one attached hydrogen (secondary N) is 1. The number of carbonyl (C=O) groups is 1. The molecule has 7 heteroatoms. The summed E-state index contributed by atoms with van der Waals surface area (Å²) in [4.78, 5) is 17.4. The van der Waals surface area contributed by atoms with Gasteiger partial charge in [0.25, 0.3) is 5.91 Å². The van der Waals surface area contributed by atoms with Gasteiger partial charge in [0.2, 0.25) is 5.82 Å². The summed E-state index contributed by atoms with van der Waals surface area (Å²) in [6.07, 6.45) is 2.13. The number of amides is 1. The van der Waals surface area contributed by atoms with Gasteiger partial charge in [0.15, 0.2) is 11.5 Å². The van der Waals surface area contributed by atoms with Gasteiger partial charge in [-0.15, -0.1) is 5.10 Å². The third-order valence-electron chi connectivity index (χ3n) is 5.51. The molecular weight excluding hydrogens is 428 g/mol. The summed E-state index contributed by atoms with van der Waals surface area (Å²) in [5.41, 5.74) is 3.12. The molecule has 1 aromatic heterocycles. The maximum Gasteiger partial charge on any atom is 0.290 e. The number of benzene rings is 3. The lowest BCUT2D eigenvalue weighted by Gasteiger charge is -2.09. The molecule has 34 heavy (non-hydrogen) atoms. The average Bonchev–Trinajstić information content (AvgIpc) is 3.33. The zero-order valence-electron chi connectivity index (χ0n) is 19.4. The molecule has 4 aromatic rings. The average molecular weight is 457 g/mol. The van der Waals surface area contributed by atoms with Crippen molar-refractivity contribution >= 4 is 5.91 Å². The van der Waals surface area contributed by atoms with Gasteiger partial charge in [0.1, 0.15) is 5.82 Å². The Morgan fingerprint density at radius 1 is 0.824 bits per heavy atom. The van der Waals surface area contributed by atoms with Crippen molar-refractivity contribution in [2.75, 3.05) is 20.8 Å². The first-order valence-electron chi connectivity index (χ1n) is 11.2. The largest absolute Gasteiger partial charge is 0.493 e. The third-order valence-corrected chi connectivity index (χ3v) is 5.51. The van der Waals surface area contributed by atoms with Crippen LogP contribution in [0.15, 0.2) is 78.9 Å². The minimum absolute atomic E-state index is 0.166. The molecule has 0 bridgehead atoms. The highest BCUT2D eigenvalue weighted by molar-refractivity contribution is 5.90. The van der Waals surface area contributed by atoms with Crippen molar-refractivity contribution in [3.8, 4) is 17.2 Å². The molecule has 0 spiro atoms. The number of rotatable bonds is 10. The molecule has 7 nitrogen and oxygen atoms in total. The first-order valence-corrected chi connectivity index (χ1v) is 11.2. The number of ether oxygens (including phenoxy) is 2. The fourth-order valence-corrected chi connectivity index (χ4v) is 3.71. The Kier molecular flexibility index (Phi) is 7.55. The van der Waals surface area contributed by atoms with Crippen molar-refractivity contribution in [1.29, 1.82) is 0 Å². The van der Waals surface area contributed by atoms with Crippen LogP contribution in [0.25, 0.3) is 5.69 Å². The molecule has 0 unspecified atom stereocenters. The maximum atomic E-state index is 12.8. The van der Waals surface area contributed by atoms with Crippen LogP contribution in [0, 0.1) is 0 Å². The zero-order chi connectivity index (χ0) is 23.8. The molecule has 0 radical (unpaired) electrons. The predicted octanol–water partition coefficient (Wildman–Crippen LogP) is 4.04. The molecule has 4 rings (SSSR count). The minimum atomic E-state index is -0.295. The smallest absolute Gasteiger partial charge is 0.290 e. The van der Waals surface area contributed by atoms with Crippen LogP contribution in [0.4, 0.5) is 0 Å². The molecule has 1 heterocycles. The summed E-state index contributed by atoms with van der Waals surface area (Å²) in [5.74, 6) is 1.96. The molecule has 0 aliphatic rings. The van der Waals surface area contributed by atoms with Gasteiger partial charge in [-0.25, -0.2) is 9.67 Å². The fraction of sp³-hybridized carbons (Fsp3) is 0.222. The number of para-hydroxylation sites is 1. The van der Waals surface area contributed by atoms with Gasteiger partial charge in [-0.05, 0) is 48.2 Å². The first kappa shape index (κ1) is 23.0. The van der Waals surface area contributed by atoms with E-state index in [-0.39, 0.29) is 11.7 Å². The summed E-state index contributed by atoms with van der Waals surface area (Å²) >= 11 is 0. The van der Waals surface area contributed by atoms with Crippen molar-refractivity contribution in [2.24, 2.45) is 0 Å². The molecular formula is C27H28N4O3. The van der Waals surface area contributed by atoms with Crippen LogP contribution >= 0.6 is 0 Å². The Labute approximate surface area is 199 Å². The van der Waals surface area contributed by atoms with Crippen LogP contribution in [0.3, 0.4) is 0 Å². The zero-order valence-corrected chi connectivity index (χ0v) is 19.4. The van der Waals surface area contributed by atoms with Gasteiger partial charge >= 0.3 is 0 Å². The van der Waals surface area contributed by atoms with E-state index in [9.17, 15) is 4.79 Å². The molecule has 0 saturated carbocycles. The molecule has 0 fully saturated rings. The van der Waals surface area contributed by atoms with E-state index in [1.807, 2.05) is 66.7 Å². The van der Waals surface area contributed by atoms with Gasteiger partial charge < -0.3 is 14.8 Å². The van der Waals surface area contributed by atoms with E-state index in [4.69, 9.17) is 9.47 Å². The SMILES string of the molecule is COc1ccc(CCNC(=O)c2nc(CCc3ccccc3)n(-c3ccccc3)n2)cc1OC. The lowest BCUT2D eigenvalue weighted by Crippen LogP contribution is -2.27. The second kappa shape index (κ2) is 11.1. The van der Waals surface area contributed by atoms with Crippen molar-refractivity contribution in [2.45, 2.75) is 19.3 Å². The number of aromatic nitrogens is 3. The minimum Gasteiger partial charge on any atom is -0.493 e. The second-order valence-electron chi connectivity index (χ2n) is 7.78. The quantitative estimate of drug-likeness (QED) is 0.390. The summed E-state index contributed by atoms with van der Waals surface area (Å²) in [5, 5.41) is 7.46. The number of hydrogen-bond acceptors (Lipinski definition) is 5. The van der Waals surface area contributed by atoms with Gasteiger partial charge in [0.05, 0.1) is 19.9 Å².